The molecule has 0 radical (unpaired) electrons. The number of nitrogens with one attached hydrogen (secondary N) is 1. The zero-order valence-electron chi connectivity index (χ0n) is 11.9. The fourth-order valence-corrected chi connectivity index (χ4v) is 4.02. The lowest BCUT2D eigenvalue weighted by Crippen LogP contribution is -2.34. The predicted octanol–water partition coefficient (Wildman–Crippen LogP) is 1.16. The van der Waals surface area contributed by atoms with Crippen molar-refractivity contribution in [2.24, 2.45) is 11.8 Å². The van der Waals surface area contributed by atoms with Crippen LogP contribution in [0.1, 0.15) is 19.0 Å². The second kappa shape index (κ2) is 4.82. The molecule has 2 aliphatic rings. The first-order valence-corrected chi connectivity index (χ1v) is 7.58. The zero-order valence-corrected chi connectivity index (χ0v) is 11.9. The van der Waals surface area contributed by atoms with E-state index in [9.17, 15) is 0 Å². The molecule has 4 heterocycles. The van der Waals surface area contributed by atoms with Crippen molar-refractivity contribution >= 4 is 5.78 Å². The Morgan fingerprint density at radius 1 is 1.40 bits per heavy atom. The number of likely N-dealkylation sites (tertiary alicyclic amines) is 1. The molecule has 0 aromatic carbocycles. The van der Waals surface area contributed by atoms with Crippen molar-refractivity contribution in [2.45, 2.75) is 25.9 Å². The maximum atomic E-state index is 4.63. The summed E-state index contributed by atoms with van der Waals surface area (Å²) in [5, 5.41) is 3.54. The third kappa shape index (κ3) is 1.93. The number of hydrogen-bond acceptors (Lipinski definition) is 4. The van der Waals surface area contributed by atoms with Gasteiger partial charge in [0, 0.05) is 37.7 Å². The lowest BCUT2D eigenvalue weighted by Gasteiger charge is -2.25. The van der Waals surface area contributed by atoms with Gasteiger partial charge in [0.15, 0.2) is 0 Å². The van der Waals surface area contributed by atoms with Crippen molar-refractivity contribution < 1.29 is 0 Å². The Hall–Kier alpha value is -1.46. The molecule has 4 rings (SSSR count). The minimum Gasteiger partial charge on any atom is -0.316 e. The molecule has 0 amide bonds. The quantitative estimate of drug-likeness (QED) is 0.910. The molecule has 5 heteroatoms. The van der Waals surface area contributed by atoms with Crippen LogP contribution in [0.5, 0.6) is 0 Å². The lowest BCUT2D eigenvalue weighted by atomic mass is 9.93. The standard InChI is InChI=1S/C15H21N5/c1-2-14-13-7-16-6-11(13)8-20(14)10-12-9-19-5-3-4-17-15(19)18-12/h3-5,9,11,13-14,16H,2,6-8,10H2,1H3. The molecule has 3 unspecified atom stereocenters. The molecule has 5 nitrogen and oxygen atoms in total. The van der Waals surface area contributed by atoms with Crippen molar-refractivity contribution in [3.8, 4) is 0 Å². The highest BCUT2D eigenvalue weighted by Gasteiger charge is 2.43. The van der Waals surface area contributed by atoms with Gasteiger partial charge in [-0.2, -0.15) is 0 Å². The first-order valence-electron chi connectivity index (χ1n) is 7.58. The van der Waals surface area contributed by atoms with E-state index in [-0.39, 0.29) is 0 Å². The molecule has 0 bridgehead atoms. The molecular formula is C15H21N5. The van der Waals surface area contributed by atoms with Crippen LogP contribution in [0.3, 0.4) is 0 Å². The first kappa shape index (κ1) is 12.3. The molecule has 2 saturated heterocycles. The van der Waals surface area contributed by atoms with Gasteiger partial charge in [0.05, 0.1) is 5.69 Å². The van der Waals surface area contributed by atoms with Gasteiger partial charge in [-0.1, -0.05) is 6.92 Å². The maximum absolute atomic E-state index is 4.63. The molecule has 1 N–H and O–H groups in total. The molecule has 3 atom stereocenters. The summed E-state index contributed by atoms with van der Waals surface area (Å²) in [5.41, 5.74) is 1.13. The van der Waals surface area contributed by atoms with Gasteiger partial charge in [-0.05, 0) is 37.4 Å². The van der Waals surface area contributed by atoms with E-state index in [0.717, 1.165) is 29.9 Å². The van der Waals surface area contributed by atoms with Crippen molar-refractivity contribution in [2.75, 3.05) is 19.6 Å². The summed E-state index contributed by atoms with van der Waals surface area (Å²) in [5.74, 6) is 2.46. The molecule has 2 aliphatic heterocycles. The summed E-state index contributed by atoms with van der Waals surface area (Å²) in [6, 6.07) is 2.65. The summed E-state index contributed by atoms with van der Waals surface area (Å²) in [6.45, 7) is 6.84. The van der Waals surface area contributed by atoms with E-state index in [1.54, 1.807) is 6.20 Å². The van der Waals surface area contributed by atoms with Crippen LogP contribution in [0.4, 0.5) is 0 Å². The van der Waals surface area contributed by atoms with E-state index < -0.39 is 0 Å². The number of fused-ring (bicyclic) bond motifs is 2. The van der Waals surface area contributed by atoms with Crippen molar-refractivity contribution in [1.82, 2.24) is 24.6 Å². The monoisotopic (exact) mass is 271 g/mol. The number of nitrogens with zero attached hydrogens (tertiary/aromatic N) is 4. The third-order valence-electron chi connectivity index (χ3n) is 4.89. The minimum atomic E-state index is 0.702. The average Bonchev–Trinajstić information content (AvgIpc) is 3.11. The third-order valence-corrected chi connectivity index (χ3v) is 4.89. The van der Waals surface area contributed by atoms with Crippen LogP contribution in [0.25, 0.3) is 5.78 Å². The Balaban J connectivity index is 1.56. The Labute approximate surface area is 119 Å². The normalized spacial score (nSPS) is 30.1. The van der Waals surface area contributed by atoms with Gasteiger partial charge in [-0.15, -0.1) is 0 Å². The van der Waals surface area contributed by atoms with Gasteiger partial charge in [0.1, 0.15) is 0 Å². The van der Waals surface area contributed by atoms with Crippen LogP contribution in [-0.2, 0) is 6.54 Å². The van der Waals surface area contributed by atoms with Gasteiger partial charge >= 0.3 is 0 Å². The Morgan fingerprint density at radius 3 is 3.20 bits per heavy atom. The summed E-state index contributed by atoms with van der Waals surface area (Å²) in [7, 11) is 0. The first-order chi connectivity index (χ1) is 9.85. The molecule has 20 heavy (non-hydrogen) atoms. The number of imidazole rings is 1. The SMILES string of the molecule is CCC1C2CNCC2CN1Cc1cn2cccnc2n1. The van der Waals surface area contributed by atoms with Gasteiger partial charge in [0.25, 0.3) is 0 Å². The number of hydrogen-bond donors (Lipinski definition) is 1. The van der Waals surface area contributed by atoms with Gasteiger partial charge in [0.2, 0.25) is 5.78 Å². The molecule has 0 aliphatic carbocycles. The second-order valence-electron chi connectivity index (χ2n) is 6.05. The van der Waals surface area contributed by atoms with Crippen LogP contribution in [0.15, 0.2) is 24.7 Å². The smallest absolute Gasteiger partial charge is 0.233 e. The van der Waals surface area contributed by atoms with Crippen molar-refractivity contribution in [3.63, 3.8) is 0 Å². The summed E-state index contributed by atoms with van der Waals surface area (Å²) >= 11 is 0. The summed E-state index contributed by atoms with van der Waals surface area (Å²) in [4.78, 5) is 11.6. The predicted molar refractivity (Wildman–Crippen MR) is 77.3 cm³/mol. The van der Waals surface area contributed by atoms with E-state index in [4.69, 9.17) is 0 Å². The highest BCUT2D eigenvalue weighted by molar-refractivity contribution is 5.29. The zero-order chi connectivity index (χ0) is 13.5. The highest BCUT2D eigenvalue weighted by atomic mass is 15.2. The van der Waals surface area contributed by atoms with Gasteiger partial charge in [-0.3, -0.25) is 9.30 Å². The highest BCUT2D eigenvalue weighted by Crippen LogP contribution is 2.34. The Kier molecular flexibility index (Phi) is 2.97. The summed E-state index contributed by atoms with van der Waals surface area (Å²) < 4.78 is 2.01. The summed E-state index contributed by atoms with van der Waals surface area (Å²) in [6.07, 6.45) is 7.15. The largest absolute Gasteiger partial charge is 0.316 e. The molecular weight excluding hydrogens is 250 g/mol. The lowest BCUT2D eigenvalue weighted by molar-refractivity contribution is 0.208. The molecule has 2 aromatic rings. The Morgan fingerprint density at radius 2 is 2.35 bits per heavy atom. The van der Waals surface area contributed by atoms with E-state index in [1.165, 1.54) is 26.1 Å². The van der Waals surface area contributed by atoms with Crippen molar-refractivity contribution in [1.29, 1.82) is 0 Å². The van der Waals surface area contributed by atoms with E-state index in [0.29, 0.717) is 6.04 Å². The molecule has 2 fully saturated rings. The van der Waals surface area contributed by atoms with Crippen LogP contribution in [-0.4, -0.2) is 44.9 Å². The van der Waals surface area contributed by atoms with Crippen LogP contribution in [0.2, 0.25) is 0 Å². The van der Waals surface area contributed by atoms with E-state index in [1.807, 2.05) is 16.7 Å². The molecule has 106 valence electrons. The fraction of sp³-hybridized carbons (Fsp3) is 0.600. The van der Waals surface area contributed by atoms with Gasteiger partial charge < -0.3 is 5.32 Å². The molecule has 0 spiro atoms. The second-order valence-corrected chi connectivity index (χ2v) is 6.05. The van der Waals surface area contributed by atoms with Crippen LogP contribution < -0.4 is 5.32 Å². The van der Waals surface area contributed by atoms with Gasteiger partial charge in [-0.25, -0.2) is 9.97 Å². The van der Waals surface area contributed by atoms with Crippen LogP contribution >= 0.6 is 0 Å². The number of rotatable bonds is 3. The number of aromatic nitrogens is 3. The fourth-order valence-electron chi connectivity index (χ4n) is 4.02. The molecule has 2 aromatic heterocycles. The van der Waals surface area contributed by atoms with E-state index >= 15 is 0 Å². The van der Waals surface area contributed by atoms with E-state index in [2.05, 4.69) is 33.3 Å². The van der Waals surface area contributed by atoms with Crippen LogP contribution in [0, 0.1) is 11.8 Å². The topological polar surface area (TPSA) is 45.5 Å². The maximum Gasteiger partial charge on any atom is 0.233 e. The van der Waals surface area contributed by atoms with Crippen molar-refractivity contribution in [3.05, 3.63) is 30.4 Å². The molecule has 0 saturated carbocycles. The average molecular weight is 271 g/mol. The Bertz CT molecular complexity index is 574. The minimum absolute atomic E-state index is 0.702.